The maximum Gasteiger partial charge on any atom is 0.469 e. The smallest absolute Gasteiger partial charge is 0.434 e. The summed E-state index contributed by atoms with van der Waals surface area (Å²) in [4.78, 5) is 30.4. The van der Waals surface area contributed by atoms with Crippen LogP contribution in [0.2, 0.25) is 0 Å². The van der Waals surface area contributed by atoms with E-state index in [0.29, 0.717) is 0 Å². The van der Waals surface area contributed by atoms with Gasteiger partial charge in [-0.15, -0.1) is 0 Å². The van der Waals surface area contributed by atoms with Crippen LogP contribution in [-0.4, -0.2) is 90.8 Å². The third kappa shape index (κ3) is 6.94. The molecule has 2 aliphatic rings. The molecule has 1 amide bonds. The van der Waals surface area contributed by atoms with Crippen molar-refractivity contribution >= 4 is 23.9 Å². The molecule has 1 aromatic rings. The predicted molar refractivity (Wildman–Crippen MR) is 114 cm³/mol. The van der Waals surface area contributed by atoms with Crippen molar-refractivity contribution in [2.24, 2.45) is 0 Å². The van der Waals surface area contributed by atoms with Crippen molar-refractivity contribution in [2.45, 2.75) is 48.1 Å². The van der Waals surface area contributed by atoms with Crippen molar-refractivity contribution < 1.29 is 59.1 Å². The summed E-state index contributed by atoms with van der Waals surface area (Å²) >= 11 is 0. The van der Waals surface area contributed by atoms with Crippen LogP contribution in [-0.2, 0) is 28.6 Å². The van der Waals surface area contributed by atoms with Crippen LogP contribution in [0.1, 0.15) is 19.3 Å². The van der Waals surface area contributed by atoms with Crippen molar-refractivity contribution in [2.75, 3.05) is 33.4 Å². The van der Waals surface area contributed by atoms with Gasteiger partial charge < -0.3 is 24.2 Å². The minimum Gasteiger partial charge on any atom is -0.434 e. The van der Waals surface area contributed by atoms with Crippen molar-refractivity contribution in [3.63, 3.8) is 0 Å². The van der Waals surface area contributed by atoms with Crippen molar-refractivity contribution in [1.29, 1.82) is 0 Å². The molecule has 0 aliphatic carbocycles. The second-order valence-electron chi connectivity index (χ2n) is 8.51. The van der Waals surface area contributed by atoms with Gasteiger partial charge in [-0.25, -0.2) is 22.2 Å². The van der Waals surface area contributed by atoms with E-state index in [-0.39, 0.29) is 43.9 Å². The Morgan fingerprint density at radius 2 is 1.86 bits per heavy atom. The average Bonchev–Trinajstić information content (AvgIpc) is 3.18. The molecule has 0 unspecified atom stereocenters. The molecular formula is C19H25F4N2O9PS. The molecular weight excluding hydrogens is 539 g/mol. The molecule has 17 heteroatoms. The van der Waals surface area contributed by atoms with Gasteiger partial charge in [-0.3, -0.25) is 4.52 Å². The Hall–Kier alpha value is -1.81. The highest BCUT2D eigenvalue weighted by Gasteiger charge is 2.48. The quantitative estimate of drug-likeness (QED) is 0.377. The summed E-state index contributed by atoms with van der Waals surface area (Å²) < 4.78 is 104. The van der Waals surface area contributed by atoms with Gasteiger partial charge in [0.05, 0.1) is 23.1 Å². The first kappa shape index (κ1) is 28.8. The fourth-order valence-corrected chi connectivity index (χ4v) is 5.69. The molecule has 2 atom stereocenters. The van der Waals surface area contributed by atoms with Gasteiger partial charge in [0, 0.05) is 20.1 Å². The summed E-state index contributed by atoms with van der Waals surface area (Å²) in [6.07, 6.45) is -8.69. The van der Waals surface area contributed by atoms with Crippen LogP contribution in [0.4, 0.5) is 22.4 Å². The largest absolute Gasteiger partial charge is 0.469 e. The minimum absolute atomic E-state index is 0.0517. The molecule has 0 aromatic heterocycles. The zero-order valence-electron chi connectivity index (χ0n) is 18.9. The van der Waals surface area contributed by atoms with Crippen molar-refractivity contribution in [3.8, 4) is 0 Å². The molecule has 0 bridgehead atoms. The summed E-state index contributed by atoms with van der Waals surface area (Å²) in [5.41, 5.74) is -0.805. The van der Waals surface area contributed by atoms with Crippen LogP contribution >= 0.6 is 7.82 Å². The summed E-state index contributed by atoms with van der Waals surface area (Å²) in [5, 5.41) is 0. The van der Waals surface area contributed by atoms with E-state index in [1.54, 1.807) is 0 Å². The van der Waals surface area contributed by atoms with E-state index >= 15 is 0 Å². The van der Waals surface area contributed by atoms with E-state index in [2.05, 4.69) is 9.26 Å². The molecule has 3 rings (SSSR count). The third-order valence-electron chi connectivity index (χ3n) is 6.13. The molecule has 204 valence electrons. The Kier molecular flexibility index (Phi) is 8.40. The van der Waals surface area contributed by atoms with Crippen molar-refractivity contribution in [3.05, 3.63) is 30.1 Å². The predicted octanol–water partition coefficient (Wildman–Crippen LogP) is 2.25. The number of hydrogen-bond donors (Lipinski definition) is 2. The Bertz CT molecular complexity index is 1090. The second-order valence-corrected chi connectivity index (χ2v) is 11.8. The van der Waals surface area contributed by atoms with Crippen LogP contribution in [0.25, 0.3) is 0 Å². The number of phosphoric acid groups is 1. The number of ether oxygens (including phenoxy) is 2. The van der Waals surface area contributed by atoms with E-state index in [4.69, 9.17) is 14.5 Å². The molecule has 2 heterocycles. The number of phosphoric ester groups is 1. The van der Waals surface area contributed by atoms with E-state index in [1.165, 1.54) is 7.05 Å². The number of carbonyl (C=O) groups excluding carboxylic acids is 1. The zero-order chi connectivity index (χ0) is 26.9. The number of carbonyl (C=O) groups is 1. The first-order valence-corrected chi connectivity index (χ1v) is 13.6. The number of hydrogen-bond acceptors (Lipinski definition) is 7. The lowest BCUT2D eigenvalue weighted by atomic mass is 9.87. The molecule has 36 heavy (non-hydrogen) atoms. The molecule has 1 spiro atoms. The monoisotopic (exact) mass is 564 g/mol. The number of sulfonamides is 1. The third-order valence-corrected chi connectivity index (χ3v) is 8.54. The molecule has 0 radical (unpaired) electrons. The lowest BCUT2D eigenvalue weighted by Crippen LogP contribution is -2.49. The fraction of sp³-hybridized carbons (Fsp3) is 0.632. The lowest BCUT2D eigenvalue weighted by molar-refractivity contribution is -0.214. The highest BCUT2D eigenvalue weighted by atomic mass is 32.2. The molecule has 2 N–H and O–H groups in total. The fourth-order valence-electron chi connectivity index (χ4n) is 4.02. The molecule has 2 fully saturated rings. The molecule has 11 nitrogen and oxygen atoms in total. The first-order chi connectivity index (χ1) is 16.5. The molecule has 2 aliphatic heterocycles. The van der Waals surface area contributed by atoms with Gasteiger partial charge >= 0.3 is 20.1 Å². The van der Waals surface area contributed by atoms with Gasteiger partial charge in [0.2, 0.25) is 16.1 Å². The minimum atomic E-state index is -5.22. The average molecular weight is 564 g/mol. The van der Waals surface area contributed by atoms with Gasteiger partial charge in [-0.05, 0) is 43.5 Å². The maximum absolute atomic E-state index is 13.2. The van der Waals surface area contributed by atoms with E-state index in [9.17, 15) is 35.3 Å². The maximum atomic E-state index is 13.2. The Balaban J connectivity index is 1.58. The number of rotatable bonds is 7. The normalized spacial score (nSPS) is 21.7. The summed E-state index contributed by atoms with van der Waals surface area (Å²) in [5.74, 6) is -0.582. The SMILES string of the molecule is CN([C@H]1COC2(CCN(C(=O)O[C@H](COP(=O)(O)O)C(F)(F)F)CC2)C1)S(=O)(=O)c1ccc(F)cc1. The summed E-state index contributed by atoms with van der Waals surface area (Å²) in [6, 6.07) is 3.80. The Labute approximate surface area is 204 Å². The summed E-state index contributed by atoms with van der Waals surface area (Å²) in [6.45, 7) is -1.62. The number of likely N-dealkylation sites (tertiary alicyclic amines) is 1. The zero-order valence-corrected chi connectivity index (χ0v) is 20.6. The summed E-state index contributed by atoms with van der Waals surface area (Å²) in [7, 11) is -7.78. The van der Waals surface area contributed by atoms with Gasteiger partial charge in [0.25, 0.3) is 0 Å². The van der Waals surface area contributed by atoms with Gasteiger partial charge in [0.1, 0.15) is 12.4 Å². The van der Waals surface area contributed by atoms with Crippen LogP contribution in [0.3, 0.4) is 0 Å². The number of likely N-dealkylation sites (N-methyl/N-ethyl adjacent to an activating group) is 1. The highest BCUT2D eigenvalue weighted by Crippen LogP contribution is 2.40. The standard InChI is InChI=1S/C19H25F4N2O9PS/c1-24(36(30,31)15-4-2-13(20)3-5-15)14-10-18(32-11-14)6-8-25(9-7-18)17(26)34-16(19(21,22)23)12-33-35(27,28)29/h2-5,14,16H,6-12H2,1H3,(H2,27,28,29)/t14-,16-/m1/s1. The number of nitrogens with zero attached hydrogens (tertiary/aromatic N) is 2. The van der Waals surface area contributed by atoms with Crippen LogP contribution in [0, 0.1) is 5.82 Å². The number of halogens is 4. The van der Waals surface area contributed by atoms with Crippen molar-refractivity contribution in [1.82, 2.24) is 9.21 Å². The Morgan fingerprint density at radius 1 is 1.28 bits per heavy atom. The molecule has 0 saturated carbocycles. The number of amides is 1. The molecule has 1 aromatic carbocycles. The van der Waals surface area contributed by atoms with Gasteiger partial charge in [-0.1, -0.05) is 0 Å². The highest BCUT2D eigenvalue weighted by molar-refractivity contribution is 7.89. The first-order valence-electron chi connectivity index (χ1n) is 10.6. The number of piperidine rings is 1. The van der Waals surface area contributed by atoms with Crippen LogP contribution < -0.4 is 0 Å². The van der Waals surface area contributed by atoms with E-state index in [0.717, 1.165) is 33.5 Å². The van der Waals surface area contributed by atoms with Crippen LogP contribution in [0.5, 0.6) is 0 Å². The number of benzene rings is 1. The van der Waals surface area contributed by atoms with E-state index in [1.807, 2.05) is 0 Å². The van der Waals surface area contributed by atoms with Gasteiger partial charge in [-0.2, -0.15) is 17.5 Å². The molecule has 2 saturated heterocycles. The topological polar surface area (TPSA) is 143 Å². The Morgan fingerprint density at radius 3 is 2.39 bits per heavy atom. The van der Waals surface area contributed by atoms with E-state index < -0.39 is 60.3 Å². The van der Waals surface area contributed by atoms with Gasteiger partial charge in [0.15, 0.2) is 0 Å². The lowest BCUT2D eigenvalue weighted by Gasteiger charge is -2.38. The second kappa shape index (κ2) is 10.5. The number of alkyl halides is 3. The van der Waals surface area contributed by atoms with Crippen LogP contribution in [0.15, 0.2) is 29.2 Å².